The first-order valence-corrected chi connectivity index (χ1v) is 8.63. The van der Waals surface area contributed by atoms with E-state index in [-0.39, 0.29) is 28.4 Å². The van der Waals surface area contributed by atoms with E-state index in [1.165, 1.54) is 24.3 Å². The Bertz CT molecular complexity index is 1070. The van der Waals surface area contributed by atoms with Gasteiger partial charge >= 0.3 is 11.6 Å². The maximum atomic E-state index is 13.8. The zero-order valence-electron chi connectivity index (χ0n) is 13.7. The Morgan fingerprint density at radius 2 is 2.00 bits per heavy atom. The van der Waals surface area contributed by atoms with Crippen molar-refractivity contribution in [3.8, 4) is 5.75 Å². The summed E-state index contributed by atoms with van der Waals surface area (Å²) in [7, 11) is 0. The van der Waals surface area contributed by atoms with Gasteiger partial charge in [-0.3, -0.25) is 4.79 Å². The molecule has 0 atom stereocenters. The molecule has 4 nitrogen and oxygen atoms in total. The number of hydrogen-bond acceptors (Lipinski definition) is 4. The van der Waals surface area contributed by atoms with Gasteiger partial charge in [-0.25, -0.2) is 9.18 Å². The van der Waals surface area contributed by atoms with Gasteiger partial charge in [-0.2, -0.15) is 0 Å². The molecule has 132 valence electrons. The third-order valence-electron chi connectivity index (χ3n) is 4.56. The molecule has 0 amide bonds. The van der Waals surface area contributed by atoms with Crippen molar-refractivity contribution in [3.05, 3.63) is 74.3 Å². The first-order valence-electron chi connectivity index (χ1n) is 8.25. The number of halogens is 2. The van der Waals surface area contributed by atoms with Crippen molar-refractivity contribution in [2.24, 2.45) is 0 Å². The maximum absolute atomic E-state index is 13.8. The summed E-state index contributed by atoms with van der Waals surface area (Å²) in [6.07, 6.45) is 2.20. The topological polar surface area (TPSA) is 56.5 Å². The molecule has 0 unspecified atom stereocenters. The highest BCUT2D eigenvalue weighted by Gasteiger charge is 2.20. The van der Waals surface area contributed by atoms with E-state index in [1.807, 2.05) is 0 Å². The van der Waals surface area contributed by atoms with E-state index in [4.69, 9.17) is 20.8 Å². The van der Waals surface area contributed by atoms with Crippen LogP contribution >= 0.6 is 11.6 Å². The number of aryl methyl sites for hydroxylation is 1. The average Bonchev–Trinajstić information content (AvgIpc) is 3.09. The second-order valence-electron chi connectivity index (χ2n) is 6.21. The summed E-state index contributed by atoms with van der Waals surface area (Å²) in [5, 5.41) is 1.02. The van der Waals surface area contributed by atoms with Crippen LogP contribution < -0.4 is 10.4 Å². The van der Waals surface area contributed by atoms with Gasteiger partial charge in [0.15, 0.2) is 0 Å². The fourth-order valence-electron chi connectivity index (χ4n) is 3.34. The molecule has 0 saturated heterocycles. The molecule has 6 heteroatoms. The highest BCUT2D eigenvalue weighted by molar-refractivity contribution is 6.31. The number of hydrogen-bond donors (Lipinski definition) is 0. The third kappa shape index (κ3) is 2.99. The van der Waals surface area contributed by atoms with E-state index < -0.39 is 11.8 Å². The molecule has 0 spiro atoms. The normalized spacial score (nSPS) is 13.0. The van der Waals surface area contributed by atoms with Gasteiger partial charge in [-0.15, -0.1) is 0 Å². The molecule has 0 aliphatic heterocycles. The van der Waals surface area contributed by atoms with Crippen molar-refractivity contribution < 1.29 is 18.3 Å². The lowest BCUT2D eigenvalue weighted by molar-refractivity contribution is -0.133. The number of fused-ring (bicyclic) bond motifs is 3. The van der Waals surface area contributed by atoms with Crippen molar-refractivity contribution in [3.63, 3.8) is 0 Å². The number of rotatable bonds is 3. The van der Waals surface area contributed by atoms with Crippen molar-refractivity contribution in [1.29, 1.82) is 0 Å². The Kier molecular flexibility index (Phi) is 4.24. The molecule has 0 bridgehead atoms. The summed E-state index contributed by atoms with van der Waals surface area (Å²) in [4.78, 5) is 24.2. The molecular formula is C20H14ClFO4. The largest absolute Gasteiger partial charge is 0.426 e. The highest BCUT2D eigenvalue weighted by atomic mass is 35.5. The van der Waals surface area contributed by atoms with E-state index in [1.54, 1.807) is 12.1 Å². The Morgan fingerprint density at radius 1 is 1.19 bits per heavy atom. The number of esters is 1. The van der Waals surface area contributed by atoms with E-state index in [2.05, 4.69) is 0 Å². The lowest BCUT2D eigenvalue weighted by Gasteiger charge is -2.08. The summed E-state index contributed by atoms with van der Waals surface area (Å²) < 4.78 is 24.4. The molecule has 0 N–H and O–H groups in total. The van der Waals surface area contributed by atoms with Gasteiger partial charge in [0.2, 0.25) is 0 Å². The fourth-order valence-corrected chi connectivity index (χ4v) is 3.57. The molecule has 4 rings (SSSR count). The van der Waals surface area contributed by atoms with E-state index in [0.717, 1.165) is 35.8 Å². The molecule has 0 radical (unpaired) electrons. The van der Waals surface area contributed by atoms with Gasteiger partial charge < -0.3 is 9.15 Å². The Hall–Kier alpha value is -2.66. The smallest absolute Gasteiger partial charge is 0.339 e. The van der Waals surface area contributed by atoms with Crippen LogP contribution in [0.1, 0.15) is 23.1 Å². The third-order valence-corrected chi connectivity index (χ3v) is 4.91. The van der Waals surface area contributed by atoms with Crippen LogP contribution in [0.3, 0.4) is 0 Å². The monoisotopic (exact) mass is 372 g/mol. The zero-order valence-corrected chi connectivity index (χ0v) is 14.4. The molecule has 0 saturated carbocycles. The molecular weight excluding hydrogens is 359 g/mol. The van der Waals surface area contributed by atoms with Crippen LogP contribution in [0.5, 0.6) is 5.75 Å². The number of benzene rings is 2. The van der Waals surface area contributed by atoms with Crippen LogP contribution in [-0.2, 0) is 24.1 Å². The number of carbonyl (C=O) groups excluding carboxylic acids is 1. The van der Waals surface area contributed by atoms with Crippen molar-refractivity contribution >= 4 is 28.5 Å². The zero-order chi connectivity index (χ0) is 18.3. The van der Waals surface area contributed by atoms with Crippen LogP contribution in [0, 0.1) is 5.82 Å². The van der Waals surface area contributed by atoms with Gasteiger partial charge in [-0.05, 0) is 49.1 Å². The quantitative estimate of drug-likeness (QED) is 0.392. The molecule has 26 heavy (non-hydrogen) atoms. The van der Waals surface area contributed by atoms with Gasteiger partial charge in [0.1, 0.15) is 17.1 Å². The summed E-state index contributed by atoms with van der Waals surface area (Å²) in [6.45, 7) is 0. The lowest BCUT2D eigenvalue weighted by atomic mass is 10.1. The summed E-state index contributed by atoms with van der Waals surface area (Å²) in [5.41, 5.74) is 1.87. The maximum Gasteiger partial charge on any atom is 0.339 e. The minimum absolute atomic E-state index is 0.0873. The van der Waals surface area contributed by atoms with Gasteiger partial charge in [0, 0.05) is 27.6 Å². The minimum atomic E-state index is -0.653. The Labute approximate surface area is 153 Å². The SMILES string of the molecule is O=C(Cc1c(F)cccc1Cl)Oc1ccc2c3c(c(=O)oc2c1)CCC3. The second-order valence-corrected chi connectivity index (χ2v) is 6.62. The van der Waals surface area contributed by atoms with Gasteiger partial charge in [0.05, 0.1) is 6.42 Å². The highest BCUT2D eigenvalue weighted by Crippen LogP contribution is 2.30. The van der Waals surface area contributed by atoms with Crippen LogP contribution in [0.15, 0.2) is 45.6 Å². The molecule has 1 heterocycles. The van der Waals surface area contributed by atoms with Crippen LogP contribution in [0.25, 0.3) is 11.0 Å². The van der Waals surface area contributed by atoms with Crippen LogP contribution in [0.2, 0.25) is 5.02 Å². The van der Waals surface area contributed by atoms with Crippen molar-refractivity contribution in [2.45, 2.75) is 25.7 Å². The predicted octanol–water partition coefficient (Wildman–Crippen LogP) is 4.22. The number of carbonyl (C=O) groups is 1. The minimum Gasteiger partial charge on any atom is -0.426 e. The van der Waals surface area contributed by atoms with Gasteiger partial charge in [0.25, 0.3) is 0 Å². The van der Waals surface area contributed by atoms with Crippen molar-refractivity contribution in [1.82, 2.24) is 0 Å². The molecule has 0 fully saturated rings. The van der Waals surface area contributed by atoms with Crippen LogP contribution in [-0.4, -0.2) is 5.97 Å². The molecule has 3 aromatic rings. The second kappa shape index (κ2) is 6.57. The summed E-state index contributed by atoms with van der Waals surface area (Å²) in [5.74, 6) is -0.981. The summed E-state index contributed by atoms with van der Waals surface area (Å²) >= 11 is 5.93. The first-order chi connectivity index (χ1) is 12.5. The fraction of sp³-hybridized carbons (Fsp3) is 0.200. The lowest BCUT2D eigenvalue weighted by Crippen LogP contribution is -2.13. The average molecular weight is 373 g/mol. The first kappa shape index (κ1) is 16.8. The number of ether oxygens (including phenoxy) is 1. The summed E-state index contributed by atoms with van der Waals surface area (Å²) in [6, 6.07) is 9.15. The molecule has 1 aliphatic rings. The Balaban J connectivity index is 1.61. The molecule has 2 aromatic carbocycles. The van der Waals surface area contributed by atoms with Crippen LogP contribution in [0.4, 0.5) is 4.39 Å². The van der Waals surface area contributed by atoms with E-state index in [0.29, 0.717) is 5.58 Å². The van der Waals surface area contributed by atoms with E-state index >= 15 is 0 Å². The van der Waals surface area contributed by atoms with Gasteiger partial charge in [-0.1, -0.05) is 17.7 Å². The predicted molar refractivity (Wildman–Crippen MR) is 95.3 cm³/mol. The van der Waals surface area contributed by atoms with Crippen molar-refractivity contribution in [2.75, 3.05) is 0 Å². The standard InChI is InChI=1S/C20H14ClFO4/c21-16-5-2-6-17(22)15(16)10-19(23)25-11-7-8-13-12-3-1-4-14(12)20(24)26-18(13)9-11/h2,5-9H,1,3-4,10H2. The van der Waals surface area contributed by atoms with E-state index in [9.17, 15) is 14.0 Å². The Morgan fingerprint density at radius 3 is 2.81 bits per heavy atom. The molecule has 1 aromatic heterocycles. The molecule has 1 aliphatic carbocycles.